The second kappa shape index (κ2) is 12.6. The first kappa shape index (κ1) is 22.7. The molecule has 30 heavy (non-hydrogen) atoms. The molecule has 2 fully saturated rings. The summed E-state index contributed by atoms with van der Waals surface area (Å²) in [5, 5.41) is 6.13. The van der Waals surface area contributed by atoms with E-state index in [0.29, 0.717) is 19.4 Å². The largest absolute Gasteiger partial charge is 0.356 e. The summed E-state index contributed by atoms with van der Waals surface area (Å²) in [6, 6.07) is 4.01. The van der Waals surface area contributed by atoms with Crippen molar-refractivity contribution in [2.45, 2.75) is 51.5 Å². The van der Waals surface area contributed by atoms with Gasteiger partial charge in [0.2, 0.25) is 11.8 Å². The zero-order chi connectivity index (χ0) is 21.0. The van der Waals surface area contributed by atoms with Crippen molar-refractivity contribution in [3.8, 4) is 0 Å². The van der Waals surface area contributed by atoms with Crippen LogP contribution in [0.2, 0.25) is 0 Å². The van der Waals surface area contributed by atoms with Gasteiger partial charge in [-0.1, -0.05) is 6.07 Å². The van der Waals surface area contributed by atoms with Crippen LogP contribution in [0.3, 0.4) is 0 Å². The Labute approximate surface area is 180 Å². The molecule has 0 aliphatic carbocycles. The van der Waals surface area contributed by atoms with Gasteiger partial charge in [-0.25, -0.2) is 0 Å². The molecule has 2 aliphatic rings. The highest BCUT2D eigenvalue weighted by Gasteiger charge is 2.20. The topological polar surface area (TPSA) is 77.6 Å². The molecule has 0 spiro atoms. The number of aromatic nitrogens is 1. The quantitative estimate of drug-likeness (QED) is 0.664. The van der Waals surface area contributed by atoms with Crippen LogP contribution >= 0.6 is 0 Å². The van der Waals surface area contributed by atoms with Crippen molar-refractivity contribution < 1.29 is 9.59 Å². The first-order valence-corrected chi connectivity index (χ1v) is 11.6. The highest BCUT2D eigenvalue weighted by Crippen LogP contribution is 2.15. The van der Waals surface area contributed by atoms with Crippen LogP contribution in [0.5, 0.6) is 0 Å². The van der Waals surface area contributed by atoms with E-state index in [1.165, 1.54) is 25.9 Å². The van der Waals surface area contributed by atoms with Crippen molar-refractivity contribution in [1.29, 1.82) is 0 Å². The molecule has 1 aromatic rings. The fraction of sp³-hybridized carbons (Fsp3) is 0.696. The predicted molar refractivity (Wildman–Crippen MR) is 118 cm³/mol. The number of carbonyl (C=O) groups excluding carboxylic acids is 2. The molecule has 2 amide bonds. The average Bonchev–Trinajstić information content (AvgIpc) is 3.26. The van der Waals surface area contributed by atoms with Crippen LogP contribution in [0.1, 0.15) is 50.5 Å². The lowest BCUT2D eigenvalue weighted by Gasteiger charge is -2.22. The molecule has 2 aliphatic heterocycles. The molecule has 3 rings (SSSR count). The number of amides is 2. The minimum atomic E-state index is -0.0320. The highest BCUT2D eigenvalue weighted by molar-refractivity contribution is 5.79. The summed E-state index contributed by atoms with van der Waals surface area (Å²) in [5.41, 5.74) is 1.15. The number of nitrogens with one attached hydrogen (secondary N) is 2. The summed E-state index contributed by atoms with van der Waals surface area (Å²) in [7, 11) is 0. The number of pyridine rings is 1. The number of hydrogen-bond acceptors (Lipinski definition) is 5. The Balaban J connectivity index is 1.45. The van der Waals surface area contributed by atoms with Crippen molar-refractivity contribution in [1.82, 2.24) is 25.4 Å². The highest BCUT2D eigenvalue weighted by atomic mass is 16.2. The molecule has 0 aromatic carbocycles. The molecule has 166 valence electrons. The van der Waals surface area contributed by atoms with Crippen molar-refractivity contribution in [3.63, 3.8) is 0 Å². The van der Waals surface area contributed by atoms with E-state index in [4.69, 9.17) is 0 Å². The van der Waals surface area contributed by atoms with Gasteiger partial charge in [0.1, 0.15) is 0 Å². The van der Waals surface area contributed by atoms with Gasteiger partial charge in [-0.2, -0.15) is 0 Å². The van der Waals surface area contributed by atoms with E-state index >= 15 is 0 Å². The SMILES string of the molecule is O=C1CCN(Cc2cccnc2)CCCC(C(=O)NCCCN2CCCC2)CCN1. The fourth-order valence-corrected chi connectivity index (χ4v) is 4.39. The van der Waals surface area contributed by atoms with Gasteiger partial charge in [-0.05, 0) is 76.3 Å². The lowest BCUT2D eigenvalue weighted by Crippen LogP contribution is -2.35. The van der Waals surface area contributed by atoms with Gasteiger partial charge in [-0.3, -0.25) is 19.5 Å². The Morgan fingerprint density at radius 2 is 1.97 bits per heavy atom. The Hall–Kier alpha value is -1.99. The van der Waals surface area contributed by atoms with Gasteiger partial charge in [0.25, 0.3) is 0 Å². The molecule has 1 aromatic heterocycles. The Bertz CT molecular complexity index is 648. The summed E-state index contributed by atoms with van der Waals surface area (Å²) in [5.74, 6) is 0.178. The third kappa shape index (κ3) is 8.03. The van der Waals surface area contributed by atoms with Crippen LogP contribution in [0.4, 0.5) is 0 Å². The third-order valence-electron chi connectivity index (χ3n) is 6.15. The van der Waals surface area contributed by atoms with Crippen molar-refractivity contribution in [2.75, 3.05) is 45.8 Å². The number of carbonyl (C=O) groups is 2. The summed E-state index contributed by atoms with van der Waals surface area (Å²) in [6.07, 6.45) is 10.3. The Morgan fingerprint density at radius 3 is 2.77 bits per heavy atom. The summed E-state index contributed by atoms with van der Waals surface area (Å²) >= 11 is 0. The predicted octanol–water partition coefficient (Wildman–Crippen LogP) is 1.79. The van der Waals surface area contributed by atoms with Crippen molar-refractivity contribution >= 4 is 11.8 Å². The molecule has 3 heterocycles. The second-order valence-electron chi connectivity index (χ2n) is 8.56. The average molecular weight is 416 g/mol. The maximum Gasteiger partial charge on any atom is 0.223 e. The summed E-state index contributed by atoms with van der Waals surface area (Å²) in [4.78, 5) is 33.9. The first-order valence-electron chi connectivity index (χ1n) is 11.6. The lowest BCUT2D eigenvalue weighted by atomic mass is 9.98. The summed E-state index contributed by atoms with van der Waals surface area (Å²) < 4.78 is 0. The molecule has 7 heteroatoms. The molecule has 0 bridgehead atoms. The summed E-state index contributed by atoms with van der Waals surface area (Å²) in [6.45, 7) is 7.20. The van der Waals surface area contributed by atoms with E-state index in [9.17, 15) is 9.59 Å². The van der Waals surface area contributed by atoms with Gasteiger partial charge in [-0.15, -0.1) is 0 Å². The van der Waals surface area contributed by atoms with Gasteiger partial charge < -0.3 is 15.5 Å². The van der Waals surface area contributed by atoms with Crippen molar-refractivity contribution in [3.05, 3.63) is 30.1 Å². The van der Waals surface area contributed by atoms with Gasteiger partial charge in [0.05, 0.1) is 0 Å². The number of rotatable bonds is 7. The van der Waals surface area contributed by atoms with E-state index in [1.807, 2.05) is 12.3 Å². The molecule has 0 radical (unpaired) electrons. The van der Waals surface area contributed by atoms with Crippen LogP contribution in [0.15, 0.2) is 24.5 Å². The lowest BCUT2D eigenvalue weighted by molar-refractivity contribution is -0.126. The van der Waals surface area contributed by atoms with Gasteiger partial charge in [0, 0.05) is 50.9 Å². The molecular weight excluding hydrogens is 378 g/mol. The minimum absolute atomic E-state index is 0.0320. The van der Waals surface area contributed by atoms with Crippen molar-refractivity contribution in [2.24, 2.45) is 5.92 Å². The molecule has 1 atom stereocenters. The van der Waals surface area contributed by atoms with E-state index < -0.39 is 0 Å². The van der Waals surface area contributed by atoms with Gasteiger partial charge in [0.15, 0.2) is 0 Å². The number of likely N-dealkylation sites (tertiary alicyclic amines) is 1. The smallest absolute Gasteiger partial charge is 0.223 e. The maximum atomic E-state index is 12.7. The first-order chi connectivity index (χ1) is 14.7. The molecule has 7 nitrogen and oxygen atoms in total. The van der Waals surface area contributed by atoms with Crippen LogP contribution in [0, 0.1) is 5.92 Å². The van der Waals surface area contributed by atoms with E-state index in [0.717, 1.165) is 57.5 Å². The maximum absolute atomic E-state index is 12.7. The van der Waals surface area contributed by atoms with Crippen LogP contribution in [0.25, 0.3) is 0 Å². The standard InChI is InChI=1S/C23H37N5O2/c29-22-9-17-28(19-20-6-3-10-24-18-20)15-4-7-21(8-12-25-22)23(30)26-11-5-16-27-13-1-2-14-27/h3,6,10,18,21H,1-2,4-5,7-9,11-17,19H2,(H,25,29)(H,26,30). The van der Waals surface area contributed by atoms with E-state index in [1.54, 1.807) is 6.20 Å². The number of hydrogen-bond donors (Lipinski definition) is 2. The monoisotopic (exact) mass is 415 g/mol. The Morgan fingerprint density at radius 1 is 1.13 bits per heavy atom. The fourth-order valence-electron chi connectivity index (χ4n) is 4.39. The zero-order valence-corrected chi connectivity index (χ0v) is 18.2. The van der Waals surface area contributed by atoms with Gasteiger partial charge >= 0.3 is 0 Å². The zero-order valence-electron chi connectivity index (χ0n) is 18.2. The van der Waals surface area contributed by atoms with Crippen LogP contribution in [-0.2, 0) is 16.1 Å². The molecule has 0 saturated carbocycles. The minimum Gasteiger partial charge on any atom is -0.356 e. The third-order valence-corrected chi connectivity index (χ3v) is 6.15. The Kier molecular flexibility index (Phi) is 9.57. The molecule has 2 saturated heterocycles. The van der Waals surface area contributed by atoms with E-state index in [2.05, 4.69) is 31.5 Å². The number of nitrogens with zero attached hydrogens (tertiary/aromatic N) is 3. The molecule has 1 unspecified atom stereocenters. The molecule has 2 N–H and O–H groups in total. The van der Waals surface area contributed by atoms with Crippen LogP contribution < -0.4 is 10.6 Å². The molecular formula is C23H37N5O2. The van der Waals surface area contributed by atoms with Crippen LogP contribution in [-0.4, -0.2) is 72.4 Å². The van der Waals surface area contributed by atoms with E-state index in [-0.39, 0.29) is 17.7 Å². The normalized spacial score (nSPS) is 22.3. The second-order valence-corrected chi connectivity index (χ2v) is 8.56.